The second kappa shape index (κ2) is 6.33. The summed E-state index contributed by atoms with van der Waals surface area (Å²) < 4.78 is 4.75. The number of carbonyl (C=O) groups is 2. The molecule has 2 aliphatic rings. The number of benzene rings is 2. The number of hydrogen-bond donors (Lipinski definition) is 1. The van der Waals surface area contributed by atoms with Gasteiger partial charge in [-0.05, 0) is 53.3 Å². The van der Waals surface area contributed by atoms with Crippen molar-refractivity contribution in [1.82, 2.24) is 0 Å². The maximum atomic E-state index is 11.6. The molecular weight excluding hydrogens is 330 g/mol. The van der Waals surface area contributed by atoms with Crippen molar-refractivity contribution >= 4 is 17.6 Å². The molecule has 3 atom stereocenters. The normalized spacial score (nSPS) is 22.9. The molecule has 0 fully saturated rings. The number of fused-ring (bicyclic) bond motifs is 3. The number of hydrogen-bond acceptors (Lipinski definition) is 5. The Kier molecular flexibility index (Phi) is 3.99. The van der Waals surface area contributed by atoms with E-state index in [0.29, 0.717) is 11.5 Å². The van der Waals surface area contributed by atoms with E-state index in [1.807, 2.05) is 12.1 Å². The molecular formula is C21H18NO4-. The fourth-order valence-electron chi connectivity index (χ4n) is 4.00. The van der Waals surface area contributed by atoms with Crippen LogP contribution < -0.4 is 10.4 Å². The number of aromatic carboxylic acids is 1. The molecule has 5 heteroatoms. The average Bonchev–Trinajstić information content (AvgIpc) is 3.16. The van der Waals surface area contributed by atoms with Crippen molar-refractivity contribution in [2.24, 2.45) is 5.92 Å². The van der Waals surface area contributed by atoms with Crippen molar-refractivity contribution in [2.75, 3.05) is 12.4 Å². The minimum Gasteiger partial charge on any atom is -0.545 e. The average molecular weight is 348 g/mol. The van der Waals surface area contributed by atoms with Gasteiger partial charge in [-0.3, -0.25) is 0 Å². The maximum Gasteiger partial charge on any atom is 0.337 e. The molecule has 3 unspecified atom stereocenters. The minimum atomic E-state index is -1.16. The molecule has 0 aromatic heterocycles. The molecule has 0 radical (unpaired) electrons. The highest BCUT2D eigenvalue weighted by Gasteiger charge is 2.37. The van der Waals surface area contributed by atoms with Gasteiger partial charge in [0.25, 0.3) is 0 Å². The third-order valence-corrected chi connectivity index (χ3v) is 5.29. The molecule has 1 N–H and O–H groups in total. The summed E-state index contributed by atoms with van der Waals surface area (Å²) in [6, 6.07) is 12.6. The summed E-state index contributed by atoms with van der Waals surface area (Å²) in [7, 11) is 1.37. The van der Waals surface area contributed by atoms with Crippen molar-refractivity contribution in [2.45, 2.75) is 18.4 Å². The van der Waals surface area contributed by atoms with Crippen molar-refractivity contribution < 1.29 is 19.4 Å². The minimum absolute atomic E-state index is 0.0861. The number of esters is 1. The summed E-state index contributed by atoms with van der Waals surface area (Å²) in [6.45, 7) is 0. The quantitative estimate of drug-likeness (QED) is 0.681. The third kappa shape index (κ3) is 2.65. The number of anilines is 1. The molecule has 5 nitrogen and oxygen atoms in total. The molecule has 1 heterocycles. The van der Waals surface area contributed by atoms with Crippen LogP contribution in [0.3, 0.4) is 0 Å². The number of methoxy groups -OCH3 is 1. The van der Waals surface area contributed by atoms with Crippen LogP contribution in [0.4, 0.5) is 5.69 Å². The topological polar surface area (TPSA) is 78.5 Å². The molecule has 0 saturated heterocycles. The second-order valence-corrected chi connectivity index (χ2v) is 6.68. The van der Waals surface area contributed by atoms with E-state index in [1.54, 1.807) is 30.3 Å². The van der Waals surface area contributed by atoms with Crippen molar-refractivity contribution in [3.63, 3.8) is 0 Å². The highest BCUT2D eigenvalue weighted by Crippen LogP contribution is 2.49. The van der Waals surface area contributed by atoms with Gasteiger partial charge in [0.15, 0.2) is 0 Å². The zero-order valence-electron chi connectivity index (χ0n) is 14.3. The van der Waals surface area contributed by atoms with Crippen molar-refractivity contribution in [3.8, 4) is 0 Å². The lowest BCUT2D eigenvalue weighted by Crippen LogP contribution is -2.30. The first kappa shape index (κ1) is 16.4. The van der Waals surface area contributed by atoms with E-state index < -0.39 is 5.97 Å². The number of carboxylic acid groups (broad SMARTS) is 1. The van der Waals surface area contributed by atoms with Gasteiger partial charge in [0.1, 0.15) is 0 Å². The highest BCUT2D eigenvalue weighted by molar-refractivity contribution is 5.89. The second-order valence-electron chi connectivity index (χ2n) is 6.68. The summed E-state index contributed by atoms with van der Waals surface area (Å²) >= 11 is 0. The number of carboxylic acids is 1. The van der Waals surface area contributed by atoms with E-state index in [0.717, 1.165) is 23.2 Å². The van der Waals surface area contributed by atoms with E-state index in [2.05, 4.69) is 17.5 Å². The van der Waals surface area contributed by atoms with Crippen LogP contribution in [0.2, 0.25) is 0 Å². The van der Waals surface area contributed by atoms with Crippen LogP contribution in [0.5, 0.6) is 0 Å². The highest BCUT2D eigenvalue weighted by atomic mass is 16.5. The number of carbonyl (C=O) groups excluding carboxylic acids is 2. The Hall–Kier alpha value is -3.08. The monoisotopic (exact) mass is 348 g/mol. The summed E-state index contributed by atoms with van der Waals surface area (Å²) in [5, 5.41) is 14.7. The summed E-state index contributed by atoms with van der Waals surface area (Å²) in [5.41, 5.74) is 3.74. The Morgan fingerprint density at radius 1 is 1.12 bits per heavy atom. The molecule has 0 saturated carbocycles. The Bertz CT molecular complexity index is 901. The van der Waals surface area contributed by atoms with Gasteiger partial charge in [0.2, 0.25) is 0 Å². The fraction of sp³-hybridized carbons (Fsp3) is 0.238. The van der Waals surface area contributed by atoms with Crippen LogP contribution in [0.15, 0.2) is 54.6 Å². The van der Waals surface area contributed by atoms with E-state index in [-0.39, 0.29) is 23.5 Å². The number of ether oxygens (including phenoxy) is 1. The molecule has 26 heavy (non-hydrogen) atoms. The van der Waals surface area contributed by atoms with Gasteiger partial charge in [0, 0.05) is 11.6 Å². The lowest BCUT2D eigenvalue weighted by Gasteiger charge is -2.38. The maximum absolute atomic E-state index is 11.6. The van der Waals surface area contributed by atoms with Gasteiger partial charge < -0.3 is 20.0 Å². The van der Waals surface area contributed by atoms with Crippen LogP contribution in [0.25, 0.3) is 0 Å². The zero-order valence-corrected chi connectivity index (χ0v) is 14.3. The molecule has 2 aromatic carbocycles. The summed E-state index contributed by atoms with van der Waals surface area (Å²) in [5.74, 6) is -1.06. The first-order valence-corrected chi connectivity index (χ1v) is 8.55. The standard InChI is InChI=1S/C21H19NO4/c1-26-21(25)13-7-5-12(6-8-13)19-16-4-2-3-15(16)17-11-14(20(23)24)9-10-18(17)22-19/h2-3,5-11,15-16,19,22H,4H2,1H3,(H,23,24)/p-1. The number of rotatable bonds is 3. The Morgan fingerprint density at radius 2 is 1.85 bits per heavy atom. The molecule has 1 aliphatic carbocycles. The molecule has 4 rings (SSSR count). The van der Waals surface area contributed by atoms with Gasteiger partial charge in [-0.1, -0.05) is 30.4 Å². The Labute approximate surface area is 151 Å². The number of allylic oxidation sites excluding steroid dienone is 2. The molecule has 0 spiro atoms. The van der Waals surface area contributed by atoms with Crippen LogP contribution in [-0.2, 0) is 4.74 Å². The van der Waals surface area contributed by atoms with Crippen LogP contribution >= 0.6 is 0 Å². The molecule has 2 aromatic rings. The van der Waals surface area contributed by atoms with E-state index >= 15 is 0 Å². The van der Waals surface area contributed by atoms with Gasteiger partial charge >= 0.3 is 5.97 Å². The molecule has 0 amide bonds. The Balaban J connectivity index is 1.69. The van der Waals surface area contributed by atoms with Crippen LogP contribution in [0.1, 0.15) is 50.2 Å². The third-order valence-electron chi connectivity index (χ3n) is 5.29. The van der Waals surface area contributed by atoms with Gasteiger partial charge in [0.05, 0.1) is 24.7 Å². The molecule has 0 bridgehead atoms. The lowest BCUT2D eigenvalue weighted by atomic mass is 9.76. The largest absolute Gasteiger partial charge is 0.545 e. The van der Waals surface area contributed by atoms with E-state index in [1.165, 1.54) is 7.11 Å². The predicted molar refractivity (Wildman–Crippen MR) is 94.9 cm³/mol. The van der Waals surface area contributed by atoms with E-state index in [9.17, 15) is 14.7 Å². The predicted octanol–water partition coefficient (Wildman–Crippen LogP) is 2.66. The zero-order chi connectivity index (χ0) is 18.3. The van der Waals surface area contributed by atoms with Gasteiger partial charge in [-0.25, -0.2) is 4.79 Å². The smallest absolute Gasteiger partial charge is 0.337 e. The van der Waals surface area contributed by atoms with Crippen LogP contribution in [-0.4, -0.2) is 19.0 Å². The summed E-state index contributed by atoms with van der Waals surface area (Å²) in [6.07, 6.45) is 5.21. The fourth-order valence-corrected chi connectivity index (χ4v) is 4.00. The van der Waals surface area contributed by atoms with Crippen molar-refractivity contribution in [1.29, 1.82) is 0 Å². The van der Waals surface area contributed by atoms with Gasteiger partial charge in [-0.2, -0.15) is 0 Å². The molecule has 1 aliphatic heterocycles. The Morgan fingerprint density at radius 3 is 2.54 bits per heavy atom. The first-order valence-electron chi connectivity index (χ1n) is 8.55. The lowest BCUT2D eigenvalue weighted by molar-refractivity contribution is -0.255. The van der Waals surface area contributed by atoms with Crippen LogP contribution in [0, 0.1) is 5.92 Å². The van der Waals surface area contributed by atoms with Crippen molar-refractivity contribution in [3.05, 3.63) is 76.9 Å². The van der Waals surface area contributed by atoms with Gasteiger partial charge in [-0.15, -0.1) is 0 Å². The first-order chi connectivity index (χ1) is 12.6. The molecule has 132 valence electrons. The SMILES string of the molecule is COC(=O)c1ccc(C2Nc3ccc(C(=O)[O-])cc3C3C=CCC32)cc1. The summed E-state index contributed by atoms with van der Waals surface area (Å²) in [4.78, 5) is 22.8. The number of nitrogens with one attached hydrogen (secondary N) is 1. The van der Waals surface area contributed by atoms with E-state index in [4.69, 9.17) is 4.74 Å².